The average molecular weight is 250 g/mol. The van der Waals surface area contributed by atoms with Gasteiger partial charge >= 0.3 is 0 Å². The lowest BCUT2D eigenvalue weighted by molar-refractivity contribution is -0.126. The molecule has 0 bridgehead atoms. The number of rotatable bonds is 3. The summed E-state index contributed by atoms with van der Waals surface area (Å²) in [5.74, 6) is 0.654. The van der Waals surface area contributed by atoms with Gasteiger partial charge in [-0.15, -0.1) is 0 Å². The van der Waals surface area contributed by atoms with Crippen LogP contribution in [0.25, 0.3) is 0 Å². The van der Waals surface area contributed by atoms with Gasteiger partial charge in [0, 0.05) is 18.4 Å². The molecule has 3 N–H and O–H groups in total. The van der Waals surface area contributed by atoms with Crippen molar-refractivity contribution in [3.8, 4) is 5.75 Å². The lowest BCUT2D eigenvalue weighted by Crippen LogP contribution is -2.31. The summed E-state index contributed by atoms with van der Waals surface area (Å²) >= 11 is 0. The van der Waals surface area contributed by atoms with Gasteiger partial charge in [-0.1, -0.05) is 6.92 Å². The number of methoxy groups -OCH3 is 1. The minimum absolute atomic E-state index is 0.136. The van der Waals surface area contributed by atoms with Gasteiger partial charge in [0.25, 0.3) is 5.91 Å². The Morgan fingerprint density at radius 1 is 1.56 bits per heavy atom. The molecule has 0 saturated carbocycles. The first-order valence-electron chi connectivity index (χ1n) is 5.98. The van der Waals surface area contributed by atoms with Crippen LogP contribution in [0.4, 0.5) is 11.4 Å². The van der Waals surface area contributed by atoms with E-state index < -0.39 is 0 Å². The molecule has 98 valence electrons. The molecule has 1 fully saturated rings. The molecule has 1 saturated heterocycles. The Hall–Kier alpha value is -1.75. The molecule has 1 aliphatic rings. The van der Waals surface area contributed by atoms with E-state index in [1.54, 1.807) is 25.3 Å². The lowest BCUT2D eigenvalue weighted by atomic mass is 10.0. The van der Waals surface area contributed by atoms with Crippen molar-refractivity contribution in [2.45, 2.75) is 19.4 Å². The number of benzene rings is 1. The number of carbonyl (C=O) groups excluding carboxylic acids is 1. The molecule has 2 rings (SSSR count). The van der Waals surface area contributed by atoms with Crippen molar-refractivity contribution in [1.82, 2.24) is 0 Å². The number of amides is 1. The molecule has 1 amide bonds. The van der Waals surface area contributed by atoms with E-state index in [2.05, 4.69) is 5.32 Å². The monoisotopic (exact) mass is 250 g/mol. The number of ether oxygens (including phenoxy) is 2. The van der Waals surface area contributed by atoms with E-state index in [9.17, 15) is 4.79 Å². The molecule has 1 aliphatic heterocycles. The molecule has 2 unspecified atom stereocenters. The van der Waals surface area contributed by atoms with Gasteiger partial charge in [-0.3, -0.25) is 4.79 Å². The maximum atomic E-state index is 12.1. The Morgan fingerprint density at radius 3 is 2.94 bits per heavy atom. The molecule has 0 aliphatic carbocycles. The average Bonchev–Trinajstić information content (AvgIpc) is 2.77. The van der Waals surface area contributed by atoms with E-state index in [1.807, 2.05) is 6.92 Å². The Kier molecular flexibility index (Phi) is 3.72. The summed E-state index contributed by atoms with van der Waals surface area (Å²) in [6, 6.07) is 5.12. The number of hydrogen-bond acceptors (Lipinski definition) is 4. The van der Waals surface area contributed by atoms with Crippen LogP contribution in [0.1, 0.15) is 13.3 Å². The summed E-state index contributed by atoms with van der Waals surface area (Å²) < 4.78 is 10.6. The molecule has 5 heteroatoms. The first-order valence-corrected chi connectivity index (χ1v) is 5.98. The first-order chi connectivity index (χ1) is 8.61. The van der Waals surface area contributed by atoms with Gasteiger partial charge in [0.05, 0.1) is 12.8 Å². The third kappa shape index (κ3) is 2.56. The SMILES string of the molecule is COc1cc(N)ccc1NC(=O)C1OCCC1C. The second-order valence-corrected chi connectivity index (χ2v) is 4.51. The highest BCUT2D eigenvalue weighted by Gasteiger charge is 2.31. The van der Waals surface area contributed by atoms with Gasteiger partial charge in [-0.2, -0.15) is 0 Å². The third-order valence-corrected chi connectivity index (χ3v) is 3.13. The molecule has 0 spiro atoms. The van der Waals surface area contributed by atoms with Crippen LogP contribution in [-0.4, -0.2) is 25.7 Å². The predicted octanol–water partition coefficient (Wildman–Crippen LogP) is 1.64. The van der Waals surface area contributed by atoms with Crippen molar-refractivity contribution in [3.05, 3.63) is 18.2 Å². The van der Waals surface area contributed by atoms with Crippen molar-refractivity contribution < 1.29 is 14.3 Å². The van der Waals surface area contributed by atoms with Crippen LogP contribution in [0.15, 0.2) is 18.2 Å². The topological polar surface area (TPSA) is 73.6 Å². The standard InChI is InChI=1S/C13H18N2O3/c1-8-5-6-18-12(8)13(16)15-10-4-3-9(14)7-11(10)17-2/h3-4,7-8,12H,5-6,14H2,1-2H3,(H,15,16). The quantitative estimate of drug-likeness (QED) is 0.800. The van der Waals surface area contributed by atoms with Crippen molar-refractivity contribution >= 4 is 17.3 Å². The van der Waals surface area contributed by atoms with Gasteiger partial charge < -0.3 is 20.5 Å². The van der Waals surface area contributed by atoms with Gasteiger partial charge in [0.2, 0.25) is 0 Å². The largest absolute Gasteiger partial charge is 0.494 e. The highest BCUT2D eigenvalue weighted by molar-refractivity contribution is 5.96. The highest BCUT2D eigenvalue weighted by atomic mass is 16.5. The molecule has 18 heavy (non-hydrogen) atoms. The fraction of sp³-hybridized carbons (Fsp3) is 0.462. The van der Waals surface area contributed by atoms with Crippen LogP contribution in [-0.2, 0) is 9.53 Å². The summed E-state index contributed by atoms with van der Waals surface area (Å²) in [4.78, 5) is 12.1. The molecule has 0 aromatic heterocycles. The molecular formula is C13H18N2O3. The number of hydrogen-bond donors (Lipinski definition) is 2. The number of nitrogens with two attached hydrogens (primary N) is 1. The Morgan fingerprint density at radius 2 is 2.33 bits per heavy atom. The van der Waals surface area contributed by atoms with Crippen LogP contribution < -0.4 is 15.8 Å². The van der Waals surface area contributed by atoms with E-state index >= 15 is 0 Å². The summed E-state index contributed by atoms with van der Waals surface area (Å²) in [6.07, 6.45) is 0.531. The second kappa shape index (κ2) is 5.27. The molecule has 5 nitrogen and oxygen atoms in total. The van der Waals surface area contributed by atoms with E-state index in [-0.39, 0.29) is 17.9 Å². The first kappa shape index (κ1) is 12.7. The summed E-state index contributed by atoms with van der Waals surface area (Å²) in [7, 11) is 1.54. The van der Waals surface area contributed by atoms with E-state index in [0.717, 1.165) is 6.42 Å². The highest BCUT2D eigenvalue weighted by Crippen LogP contribution is 2.28. The third-order valence-electron chi connectivity index (χ3n) is 3.13. The van der Waals surface area contributed by atoms with Crippen LogP contribution in [0, 0.1) is 5.92 Å². The zero-order chi connectivity index (χ0) is 13.1. The number of nitrogens with one attached hydrogen (secondary N) is 1. The summed E-state index contributed by atoms with van der Waals surface area (Å²) in [6.45, 7) is 2.65. The van der Waals surface area contributed by atoms with Crippen molar-refractivity contribution in [1.29, 1.82) is 0 Å². The van der Waals surface area contributed by atoms with Gasteiger partial charge in [-0.25, -0.2) is 0 Å². The smallest absolute Gasteiger partial charge is 0.253 e. The lowest BCUT2D eigenvalue weighted by Gasteiger charge is -2.16. The van der Waals surface area contributed by atoms with Crippen molar-refractivity contribution in [2.24, 2.45) is 5.92 Å². The normalized spacial score (nSPS) is 22.8. The number of carbonyl (C=O) groups is 1. The Balaban J connectivity index is 2.11. The van der Waals surface area contributed by atoms with Gasteiger partial charge in [0.1, 0.15) is 11.9 Å². The Bertz CT molecular complexity index is 448. The van der Waals surface area contributed by atoms with Crippen molar-refractivity contribution in [2.75, 3.05) is 24.8 Å². The second-order valence-electron chi connectivity index (χ2n) is 4.51. The number of anilines is 2. The molecule has 1 aromatic rings. The van der Waals surface area contributed by atoms with E-state index in [0.29, 0.717) is 23.7 Å². The zero-order valence-electron chi connectivity index (χ0n) is 10.6. The molecule has 0 radical (unpaired) electrons. The fourth-order valence-electron chi connectivity index (χ4n) is 2.05. The Labute approximate surface area is 106 Å². The van der Waals surface area contributed by atoms with Crippen LogP contribution in [0.2, 0.25) is 0 Å². The molecular weight excluding hydrogens is 232 g/mol. The van der Waals surface area contributed by atoms with Gasteiger partial charge in [-0.05, 0) is 24.5 Å². The van der Waals surface area contributed by atoms with Crippen LogP contribution >= 0.6 is 0 Å². The fourth-order valence-corrected chi connectivity index (χ4v) is 2.05. The minimum Gasteiger partial charge on any atom is -0.494 e. The summed E-state index contributed by atoms with van der Waals surface area (Å²) in [5.41, 5.74) is 6.86. The van der Waals surface area contributed by atoms with E-state index in [1.165, 1.54) is 0 Å². The van der Waals surface area contributed by atoms with Crippen LogP contribution in [0.3, 0.4) is 0 Å². The molecule has 2 atom stereocenters. The maximum absolute atomic E-state index is 12.1. The van der Waals surface area contributed by atoms with Gasteiger partial charge in [0.15, 0.2) is 0 Å². The summed E-state index contributed by atoms with van der Waals surface area (Å²) in [5, 5.41) is 2.82. The van der Waals surface area contributed by atoms with E-state index in [4.69, 9.17) is 15.2 Å². The predicted molar refractivity (Wildman–Crippen MR) is 69.6 cm³/mol. The minimum atomic E-state index is -0.382. The maximum Gasteiger partial charge on any atom is 0.253 e. The van der Waals surface area contributed by atoms with Crippen molar-refractivity contribution in [3.63, 3.8) is 0 Å². The number of nitrogen functional groups attached to an aromatic ring is 1. The molecule has 1 aromatic carbocycles. The molecule has 1 heterocycles. The van der Waals surface area contributed by atoms with Crippen LogP contribution in [0.5, 0.6) is 5.75 Å². The zero-order valence-corrected chi connectivity index (χ0v) is 10.6.